The van der Waals surface area contributed by atoms with Crippen molar-refractivity contribution in [2.45, 2.75) is 45.7 Å². The monoisotopic (exact) mass is 291 g/mol. The van der Waals surface area contributed by atoms with Crippen molar-refractivity contribution in [3.8, 4) is 0 Å². The molecule has 0 bridgehead atoms. The molecule has 114 valence electrons. The Kier molecular flexibility index (Phi) is 3.20. The van der Waals surface area contributed by atoms with Crippen LogP contribution < -0.4 is 15.8 Å². The molecular weight excluding hydrogens is 269 g/mol. The molecule has 21 heavy (non-hydrogen) atoms. The molecule has 1 aliphatic carbocycles. The lowest BCUT2D eigenvalue weighted by molar-refractivity contribution is 0.0812. The van der Waals surface area contributed by atoms with E-state index in [1.807, 2.05) is 0 Å². The Morgan fingerprint density at radius 1 is 1.24 bits per heavy atom. The maximum Gasteiger partial charge on any atom is 0.338 e. The Balaban J connectivity index is 1.85. The van der Waals surface area contributed by atoms with Gasteiger partial charge in [0.2, 0.25) is 0 Å². The maximum absolute atomic E-state index is 13.0. The number of halogens is 1. The number of nitrogens with zero attached hydrogens (tertiary/aromatic N) is 1. The molecule has 1 saturated heterocycles. The highest BCUT2D eigenvalue weighted by atomic mass is 19.1. The third-order valence-electron chi connectivity index (χ3n) is 4.34. The van der Waals surface area contributed by atoms with Gasteiger partial charge >= 0.3 is 6.03 Å². The zero-order chi connectivity index (χ0) is 15.3. The fraction of sp³-hybridized carbons (Fsp3) is 0.562. The molecule has 4 nitrogen and oxygen atoms in total. The van der Waals surface area contributed by atoms with E-state index in [1.165, 1.54) is 17.1 Å². The summed E-state index contributed by atoms with van der Waals surface area (Å²) < 4.78 is 13.0. The molecule has 2 amide bonds. The fourth-order valence-electron chi connectivity index (χ4n) is 4.08. The van der Waals surface area contributed by atoms with E-state index < -0.39 is 5.66 Å². The lowest BCUT2D eigenvalue weighted by Crippen LogP contribution is -2.57. The van der Waals surface area contributed by atoms with E-state index in [9.17, 15) is 9.18 Å². The molecule has 0 unspecified atom stereocenters. The summed E-state index contributed by atoms with van der Waals surface area (Å²) in [5.41, 5.74) is 3.76. The van der Waals surface area contributed by atoms with Crippen molar-refractivity contribution in [1.29, 1.82) is 0 Å². The summed E-state index contributed by atoms with van der Waals surface area (Å²) in [6.45, 7) is 6.69. The average molecular weight is 291 g/mol. The molecule has 0 radical (unpaired) electrons. The first kappa shape index (κ1) is 14.3. The average Bonchev–Trinajstić information content (AvgIpc) is 2.63. The van der Waals surface area contributed by atoms with Gasteiger partial charge in [0.1, 0.15) is 11.5 Å². The molecule has 5 heteroatoms. The van der Waals surface area contributed by atoms with Crippen LogP contribution in [0.3, 0.4) is 0 Å². The molecule has 1 heterocycles. The number of benzene rings is 1. The van der Waals surface area contributed by atoms with Gasteiger partial charge in [-0.3, -0.25) is 0 Å². The van der Waals surface area contributed by atoms with Crippen molar-refractivity contribution in [1.82, 2.24) is 10.7 Å². The van der Waals surface area contributed by atoms with E-state index in [-0.39, 0.29) is 17.3 Å². The number of urea groups is 1. The standard InChI is InChI=1S/C16H22FN3O/c1-11-8-15(2,3)10-16(9-11)18-14(21)20(19-16)13-6-4-12(17)5-7-13/h4-7,11,19H,8-10H2,1-3H3,(H,18,21)/t11-,16+/m0/s1. The summed E-state index contributed by atoms with van der Waals surface area (Å²) in [6, 6.07) is 5.77. The smallest absolute Gasteiger partial charge is 0.317 e. The van der Waals surface area contributed by atoms with Gasteiger partial charge in [-0.15, -0.1) is 0 Å². The molecule has 0 aromatic heterocycles. The summed E-state index contributed by atoms with van der Waals surface area (Å²) in [7, 11) is 0. The van der Waals surface area contributed by atoms with Crippen LogP contribution in [-0.4, -0.2) is 11.7 Å². The van der Waals surface area contributed by atoms with Crippen LogP contribution >= 0.6 is 0 Å². The van der Waals surface area contributed by atoms with Gasteiger partial charge in [-0.25, -0.2) is 19.6 Å². The molecule has 2 fully saturated rings. The Morgan fingerprint density at radius 3 is 2.52 bits per heavy atom. The second kappa shape index (κ2) is 4.70. The van der Waals surface area contributed by atoms with Crippen LogP contribution in [-0.2, 0) is 0 Å². The minimum Gasteiger partial charge on any atom is -0.317 e. The van der Waals surface area contributed by atoms with Crippen molar-refractivity contribution >= 4 is 11.7 Å². The Bertz CT molecular complexity index is 557. The fourth-order valence-corrected chi connectivity index (χ4v) is 4.08. The Labute approximate surface area is 124 Å². The number of hydrogen-bond acceptors (Lipinski definition) is 2. The number of hydrazine groups is 1. The van der Waals surface area contributed by atoms with Gasteiger partial charge in [0.05, 0.1) is 5.69 Å². The van der Waals surface area contributed by atoms with Crippen LogP contribution in [0.25, 0.3) is 0 Å². The van der Waals surface area contributed by atoms with Gasteiger partial charge in [-0.2, -0.15) is 0 Å². The Hall–Kier alpha value is -1.62. The number of amides is 2. The van der Waals surface area contributed by atoms with Gasteiger partial charge in [-0.1, -0.05) is 20.8 Å². The summed E-state index contributed by atoms with van der Waals surface area (Å²) in [5, 5.41) is 4.59. The first-order chi connectivity index (χ1) is 9.79. The summed E-state index contributed by atoms with van der Waals surface area (Å²) in [5.74, 6) is 0.232. The van der Waals surface area contributed by atoms with Crippen LogP contribution in [0, 0.1) is 17.2 Å². The summed E-state index contributed by atoms with van der Waals surface area (Å²) in [4.78, 5) is 12.3. The molecule has 3 rings (SSSR count). The Morgan fingerprint density at radius 2 is 1.90 bits per heavy atom. The third kappa shape index (κ3) is 2.75. The molecule has 1 aromatic carbocycles. The predicted octanol–water partition coefficient (Wildman–Crippen LogP) is 3.40. The number of anilines is 1. The lowest BCUT2D eigenvalue weighted by Gasteiger charge is -2.45. The van der Waals surface area contributed by atoms with Crippen molar-refractivity contribution in [2.24, 2.45) is 11.3 Å². The second-order valence-corrected chi connectivity index (χ2v) is 7.29. The van der Waals surface area contributed by atoms with E-state index in [0.717, 1.165) is 19.3 Å². The molecule has 2 N–H and O–H groups in total. The zero-order valence-corrected chi connectivity index (χ0v) is 12.7. The van der Waals surface area contributed by atoms with Gasteiger partial charge in [0, 0.05) is 0 Å². The maximum atomic E-state index is 13.0. The van der Waals surface area contributed by atoms with Crippen molar-refractivity contribution in [2.75, 3.05) is 5.01 Å². The van der Waals surface area contributed by atoms with Crippen LogP contribution in [0.15, 0.2) is 24.3 Å². The normalized spacial score (nSPS) is 31.5. The first-order valence-electron chi connectivity index (χ1n) is 7.44. The third-order valence-corrected chi connectivity index (χ3v) is 4.34. The van der Waals surface area contributed by atoms with E-state index in [2.05, 4.69) is 31.5 Å². The number of nitrogens with one attached hydrogen (secondary N) is 2. The minimum atomic E-state index is -0.396. The molecule has 1 aliphatic heterocycles. The predicted molar refractivity (Wildman–Crippen MR) is 80.1 cm³/mol. The number of carbonyl (C=O) groups is 1. The molecule has 1 aromatic rings. The summed E-state index contributed by atoms with van der Waals surface area (Å²) >= 11 is 0. The summed E-state index contributed by atoms with van der Waals surface area (Å²) in [6.07, 6.45) is 2.94. The number of carbonyl (C=O) groups excluding carboxylic acids is 1. The zero-order valence-electron chi connectivity index (χ0n) is 12.7. The lowest BCUT2D eigenvalue weighted by atomic mass is 9.68. The van der Waals surface area contributed by atoms with E-state index in [0.29, 0.717) is 11.6 Å². The molecular formula is C16H22FN3O. The topological polar surface area (TPSA) is 44.4 Å². The van der Waals surface area contributed by atoms with Crippen molar-refractivity contribution in [3.63, 3.8) is 0 Å². The van der Waals surface area contributed by atoms with Crippen LogP contribution in [0.1, 0.15) is 40.0 Å². The SMILES string of the molecule is C[C@H]1CC(C)(C)C[C@]2(C1)NC(=O)N(c1ccc(F)cc1)N2. The van der Waals surface area contributed by atoms with Crippen LogP contribution in [0.2, 0.25) is 0 Å². The largest absolute Gasteiger partial charge is 0.338 e. The van der Waals surface area contributed by atoms with Crippen LogP contribution in [0.4, 0.5) is 14.9 Å². The highest BCUT2D eigenvalue weighted by Gasteiger charge is 2.49. The molecule has 2 aliphatic rings. The highest BCUT2D eigenvalue weighted by Crippen LogP contribution is 2.44. The molecule has 2 atom stereocenters. The highest BCUT2D eigenvalue weighted by molar-refractivity contribution is 5.93. The molecule has 1 saturated carbocycles. The quantitative estimate of drug-likeness (QED) is 0.833. The van der Waals surface area contributed by atoms with Gasteiger partial charge < -0.3 is 5.32 Å². The first-order valence-corrected chi connectivity index (χ1v) is 7.44. The van der Waals surface area contributed by atoms with Gasteiger partial charge in [0.15, 0.2) is 0 Å². The minimum absolute atomic E-state index is 0.175. The van der Waals surface area contributed by atoms with Gasteiger partial charge in [-0.05, 0) is 54.9 Å². The van der Waals surface area contributed by atoms with E-state index in [1.54, 1.807) is 12.1 Å². The van der Waals surface area contributed by atoms with Crippen molar-refractivity contribution < 1.29 is 9.18 Å². The van der Waals surface area contributed by atoms with E-state index >= 15 is 0 Å². The molecule has 1 spiro atoms. The van der Waals surface area contributed by atoms with E-state index in [4.69, 9.17) is 0 Å². The number of rotatable bonds is 1. The second-order valence-electron chi connectivity index (χ2n) is 7.29. The van der Waals surface area contributed by atoms with Crippen molar-refractivity contribution in [3.05, 3.63) is 30.1 Å². The van der Waals surface area contributed by atoms with Gasteiger partial charge in [0.25, 0.3) is 0 Å². The number of hydrogen-bond donors (Lipinski definition) is 2. The van der Waals surface area contributed by atoms with Crippen LogP contribution in [0.5, 0.6) is 0 Å².